The van der Waals surface area contributed by atoms with Gasteiger partial charge in [-0.25, -0.2) is 4.79 Å². The average molecular weight is 673 g/mol. The predicted octanol–water partition coefficient (Wildman–Crippen LogP) is 5.60. The summed E-state index contributed by atoms with van der Waals surface area (Å²) in [5, 5.41) is 14.2. The van der Waals surface area contributed by atoms with Crippen LogP contribution in [-0.4, -0.2) is 51.9 Å². The molecule has 5 aromatic rings. The highest BCUT2D eigenvalue weighted by Crippen LogP contribution is 2.57. The molecule has 0 spiro atoms. The van der Waals surface area contributed by atoms with Gasteiger partial charge in [-0.3, -0.25) is 14.4 Å². The highest BCUT2D eigenvalue weighted by Gasteiger charge is 2.67. The van der Waals surface area contributed by atoms with E-state index in [0.29, 0.717) is 15.9 Å². The van der Waals surface area contributed by atoms with Gasteiger partial charge in [-0.15, -0.1) is 11.8 Å². The number of ether oxygens (including phenoxy) is 1. The van der Waals surface area contributed by atoms with Crippen LogP contribution in [-0.2, 0) is 20.8 Å². The number of thioether (sulfide) groups is 1. The first kappa shape index (κ1) is 32.0. The van der Waals surface area contributed by atoms with Crippen molar-refractivity contribution in [3.05, 3.63) is 160 Å². The number of carboxylic acids is 1. The number of rotatable bonds is 10. The van der Waals surface area contributed by atoms with Crippen molar-refractivity contribution >= 4 is 40.5 Å². The predicted molar refractivity (Wildman–Crippen MR) is 186 cm³/mol. The Morgan fingerprint density at radius 1 is 0.898 bits per heavy atom. The first-order chi connectivity index (χ1) is 23.8. The maximum Gasteiger partial charge on any atom is 0.336 e. The monoisotopic (exact) mass is 672 g/mol. The number of hydrogen-bond acceptors (Lipinski definition) is 7. The highest BCUT2D eigenvalue weighted by molar-refractivity contribution is 8.03. The zero-order valence-corrected chi connectivity index (χ0v) is 27.0. The lowest BCUT2D eigenvalue weighted by molar-refractivity contribution is -0.167. The fourth-order valence-corrected chi connectivity index (χ4v) is 8.26. The topological polar surface area (TPSA) is 126 Å². The molecule has 0 radical (unpaired) electrons. The fraction of sp³-hybridized carbons (Fsp3) is 0.179. The lowest BCUT2D eigenvalue weighted by Crippen LogP contribution is -2.78. The van der Waals surface area contributed by atoms with E-state index in [9.17, 15) is 24.3 Å². The maximum absolute atomic E-state index is 14.2. The van der Waals surface area contributed by atoms with Gasteiger partial charge in [0.05, 0.1) is 12.5 Å². The number of nitrogens with one attached hydrogen (secondary N) is 1. The van der Waals surface area contributed by atoms with Gasteiger partial charge >= 0.3 is 11.6 Å². The number of carbonyl (C=O) groups is 3. The number of carbonyl (C=O) groups excluding carboxylic acids is 2. The molecule has 2 unspecified atom stereocenters. The Morgan fingerprint density at radius 2 is 1.51 bits per heavy atom. The van der Waals surface area contributed by atoms with Gasteiger partial charge in [-0.1, -0.05) is 97.6 Å². The lowest BCUT2D eigenvalue weighted by Gasteiger charge is -2.60. The molecule has 9 nitrogen and oxygen atoms in total. The van der Waals surface area contributed by atoms with E-state index >= 15 is 0 Å². The van der Waals surface area contributed by atoms with Crippen LogP contribution in [0.2, 0.25) is 0 Å². The summed E-state index contributed by atoms with van der Waals surface area (Å²) < 4.78 is 11.6. The third kappa shape index (κ3) is 5.89. The minimum Gasteiger partial charge on any atom is -0.492 e. The molecule has 0 bridgehead atoms. The molecule has 0 saturated carbocycles. The molecule has 246 valence electrons. The molecule has 2 aliphatic heterocycles. The fourth-order valence-electron chi connectivity index (χ4n) is 6.82. The van der Waals surface area contributed by atoms with E-state index in [1.165, 1.54) is 6.07 Å². The molecule has 7 rings (SSSR count). The van der Waals surface area contributed by atoms with Crippen molar-refractivity contribution in [2.45, 2.75) is 29.8 Å². The van der Waals surface area contributed by atoms with E-state index in [2.05, 4.69) is 11.9 Å². The average Bonchev–Trinajstić information content (AvgIpc) is 3.11. The van der Waals surface area contributed by atoms with Crippen LogP contribution in [0.25, 0.3) is 11.0 Å². The molecule has 2 saturated heterocycles. The summed E-state index contributed by atoms with van der Waals surface area (Å²) in [6.07, 6.45) is 0.0990. The Bertz CT molecular complexity index is 2060. The Balaban J connectivity index is 1.30. The van der Waals surface area contributed by atoms with Crippen LogP contribution in [0.5, 0.6) is 5.75 Å². The summed E-state index contributed by atoms with van der Waals surface area (Å²) >= 11 is 1.16. The van der Waals surface area contributed by atoms with Gasteiger partial charge in [0.1, 0.15) is 29.4 Å². The summed E-state index contributed by atoms with van der Waals surface area (Å²) in [6, 6.07) is 34.2. The molecule has 1 aromatic heterocycles. The van der Waals surface area contributed by atoms with Crippen LogP contribution in [0.1, 0.15) is 22.6 Å². The van der Waals surface area contributed by atoms with Crippen molar-refractivity contribution < 1.29 is 28.6 Å². The summed E-state index contributed by atoms with van der Waals surface area (Å²) in [5.41, 5.74) is 0.384. The van der Waals surface area contributed by atoms with Crippen LogP contribution in [0.3, 0.4) is 0 Å². The van der Waals surface area contributed by atoms with Crippen LogP contribution >= 0.6 is 11.8 Å². The molecule has 2 N–H and O–H groups in total. The largest absolute Gasteiger partial charge is 0.492 e. The van der Waals surface area contributed by atoms with Gasteiger partial charge in [0.25, 0.3) is 0 Å². The second kappa shape index (κ2) is 13.1. The van der Waals surface area contributed by atoms with Gasteiger partial charge in [-0.05, 0) is 34.9 Å². The first-order valence-corrected chi connectivity index (χ1v) is 16.7. The molecule has 2 fully saturated rings. The smallest absolute Gasteiger partial charge is 0.336 e. The molecule has 2 amide bonds. The van der Waals surface area contributed by atoms with E-state index in [1.54, 1.807) is 29.2 Å². The number of amides is 2. The van der Waals surface area contributed by atoms with E-state index in [1.807, 2.05) is 91.0 Å². The molecule has 10 heteroatoms. The minimum atomic E-state index is -1.81. The third-order valence-corrected chi connectivity index (χ3v) is 10.6. The van der Waals surface area contributed by atoms with Crippen LogP contribution < -0.4 is 15.7 Å². The van der Waals surface area contributed by atoms with Crippen molar-refractivity contribution in [1.82, 2.24) is 10.2 Å². The zero-order chi connectivity index (χ0) is 34.1. The van der Waals surface area contributed by atoms with Gasteiger partial charge in [-0.2, -0.15) is 0 Å². The molecular formula is C39H32N2O7S. The van der Waals surface area contributed by atoms with Crippen molar-refractivity contribution in [1.29, 1.82) is 0 Å². The first-order valence-electron chi connectivity index (χ1n) is 15.8. The molecule has 2 aliphatic rings. The standard InChI is InChI=1S/C39H32N2O7S/c1-24-39(38(45)46,23-47-29-19-17-26-18-20-32(43)48-30(26)22-29)35(33(27-13-7-3-8-14-27)28-15-9-4-10-16-28)41-36(44)34(37(41)49-24)40-31(42)21-25-11-5-2-6-12-25/h2-20,22,33-35,37H,1,21,23H2,(H,40,42)(H,45,46)/t34-,35?,37-,39?/m1/s1. The Morgan fingerprint density at radius 3 is 2.14 bits per heavy atom. The molecule has 49 heavy (non-hydrogen) atoms. The van der Waals surface area contributed by atoms with Gasteiger partial charge in [0.2, 0.25) is 11.8 Å². The van der Waals surface area contributed by atoms with Crippen molar-refractivity contribution in [2.24, 2.45) is 5.41 Å². The maximum atomic E-state index is 14.2. The Hall–Kier alpha value is -5.61. The van der Waals surface area contributed by atoms with Crippen LogP contribution in [0.15, 0.2) is 142 Å². The summed E-state index contributed by atoms with van der Waals surface area (Å²) in [4.78, 5) is 54.9. The van der Waals surface area contributed by atoms with Crippen LogP contribution in [0, 0.1) is 5.41 Å². The number of hydrogen-bond donors (Lipinski definition) is 2. The number of fused-ring (bicyclic) bond motifs is 2. The van der Waals surface area contributed by atoms with Crippen molar-refractivity contribution in [3.63, 3.8) is 0 Å². The number of benzene rings is 4. The lowest BCUT2D eigenvalue weighted by atomic mass is 9.67. The minimum absolute atomic E-state index is 0.0990. The van der Waals surface area contributed by atoms with E-state index in [-0.39, 0.29) is 30.6 Å². The Labute approximate surface area is 286 Å². The second-order valence-electron chi connectivity index (χ2n) is 12.1. The van der Waals surface area contributed by atoms with Gasteiger partial charge in [0, 0.05) is 28.3 Å². The molecule has 0 aliphatic carbocycles. The van der Waals surface area contributed by atoms with Gasteiger partial charge in [0.15, 0.2) is 5.41 Å². The summed E-state index contributed by atoms with van der Waals surface area (Å²) in [6.45, 7) is 3.92. The normalized spacial score (nSPS) is 21.6. The second-order valence-corrected chi connectivity index (χ2v) is 13.4. The number of β-lactam (4-membered cyclic amide) rings is 1. The van der Waals surface area contributed by atoms with E-state index in [0.717, 1.165) is 28.5 Å². The Kier molecular flexibility index (Phi) is 8.56. The summed E-state index contributed by atoms with van der Waals surface area (Å²) in [7, 11) is 0. The van der Waals surface area contributed by atoms with Crippen LogP contribution in [0.4, 0.5) is 0 Å². The highest BCUT2D eigenvalue weighted by atomic mass is 32.2. The molecule has 3 heterocycles. The number of carboxylic acid groups (broad SMARTS) is 1. The summed E-state index contributed by atoms with van der Waals surface area (Å²) in [5.74, 6) is -2.22. The van der Waals surface area contributed by atoms with Gasteiger partial charge < -0.3 is 24.5 Å². The van der Waals surface area contributed by atoms with E-state index in [4.69, 9.17) is 9.15 Å². The molecule has 4 atom stereocenters. The molecule has 4 aromatic carbocycles. The number of nitrogens with zero attached hydrogens (tertiary/aromatic N) is 1. The third-order valence-electron chi connectivity index (χ3n) is 9.24. The quantitative estimate of drug-likeness (QED) is 0.145. The zero-order valence-electron chi connectivity index (χ0n) is 26.2. The van der Waals surface area contributed by atoms with Crippen molar-refractivity contribution in [3.8, 4) is 5.75 Å². The van der Waals surface area contributed by atoms with E-state index < -0.39 is 40.4 Å². The molecular weight excluding hydrogens is 641 g/mol. The SMILES string of the molecule is C=C1S[C@@H]2[C@H](NC(=O)Cc3ccccc3)C(=O)N2C(C(c2ccccc2)c2ccccc2)C1(COc1ccc2ccc(=O)oc2c1)C(=O)O. The number of aliphatic carboxylic acids is 1. The van der Waals surface area contributed by atoms with Crippen molar-refractivity contribution in [2.75, 3.05) is 6.61 Å².